The molecule has 0 atom stereocenters. The molecule has 3 heteroatoms. The molecule has 1 aliphatic rings. The lowest BCUT2D eigenvalue weighted by molar-refractivity contribution is 0.623. The zero-order valence-corrected chi connectivity index (χ0v) is 9.48. The van der Waals surface area contributed by atoms with Crippen molar-refractivity contribution in [2.24, 2.45) is 0 Å². The van der Waals surface area contributed by atoms with Gasteiger partial charge in [0.25, 0.3) is 0 Å². The molecule has 0 radical (unpaired) electrons. The highest BCUT2D eigenvalue weighted by molar-refractivity contribution is 9.10. The first-order valence-corrected chi connectivity index (χ1v) is 5.77. The van der Waals surface area contributed by atoms with E-state index in [4.69, 9.17) is 0 Å². The van der Waals surface area contributed by atoms with Crippen LogP contribution in [0.15, 0.2) is 22.7 Å². The summed E-state index contributed by atoms with van der Waals surface area (Å²) in [6.07, 6.45) is 4.81. The monoisotopic (exact) mass is 257 g/mol. The van der Waals surface area contributed by atoms with Crippen molar-refractivity contribution in [2.75, 3.05) is 5.32 Å². The van der Waals surface area contributed by atoms with Gasteiger partial charge < -0.3 is 5.32 Å². The average Bonchev–Trinajstić information content (AvgIpc) is 2.64. The molecule has 1 fully saturated rings. The number of para-hydroxylation sites is 1. The lowest BCUT2D eigenvalue weighted by atomic mass is 10.2. The predicted molar refractivity (Wildman–Crippen MR) is 60.0 cm³/mol. The molecule has 1 aromatic carbocycles. The molecule has 0 heterocycles. The van der Waals surface area contributed by atoms with E-state index in [1.54, 1.807) is 6.07 Å². The number of hydrogen-bond donors (Lipinski definition) is 1. The van der Waals surface area contributed by atoms with Gasteiger partial charge in [0.05, 0.1) is 5.69 Å². The second kappa shape index (κ2) is 4.30. The van der Waals surface area contributed by atoms with Gasteiger partial charge in [-0.05, 0) is 40.9 Å². The van der Waals surface area contributed by atoms with E-state index in [9.17, 15) is 4.39 Å². The second-order valence-corrected chi connectivity index (χ2v) is 4.58. The van der Waals surface area contributed by atoms with Crippen LogP contribution in [0.1, 0.15) is 25.7 Å². The molecule has 0 bridgehead atoms. The molecule has 1 nitrogen and oxygen atoms in total. The first kappa shape index (κ1) is 9.97. The Balaban J connectivity index is 2.14. The fraction of sp³-hybridized carbons (Fsp3) is 0.455. The molecule has 1 saturated carbocycles. The van der Waals surface area contributed by atoms with Crippen LogP contribution in [0.25, 0.3) is 0 Å². The maximum Gasteiger partial charge on any atom is 0.147 e. The molecule has 1 aliphatic carbocycles. The third-order valence-corrected chi connectivity index (χ3v) is 3.33. The van der Waals surface area contributed by atoms with Crippen LogP contribution in [0.5, 0.6) is 0 Å². The molecule has 0 spiro atoms. The van der Waals surface area contributed by atoms with Gasteiger partial charge in [0.15, 0.2) is 0 Å². The third kappa shape index (κ3) is 2.08. The van der Waals surface area contributed by atoms with Crippen LogP contribution in [-0.4, -0.2) is 6.04 Å². The van der Waals surface area contributed by atoms with E-state index in [0.29, 0.717) is 11.7 Å². The van der Waals surface area contributed by atoms with Crippen molar-refractivity contribution in [1.29, 1.82) is 0 Å². The molecule has 1 aromatic rings. The Morgan fingerprint density at radius 2 is 2.00 bits per heavy atom. The summed E-state index contributed by atoms with van der Waals surface area (Å²) in [6.45, 7) is 0. The zero-order valence-electron chi connectivity index (χ0n) is 7.89. The Morgan fingerprint density at radius 3 is 2.64 bits per heavy atom. The molecular weight excluding hydrogens is 245 g/mol. The highest BCUT2D eigenvalue weighted by atomic mass is 79.9. The minimum Gasteiger partial charge on any atom is -0.379 e. The number of nitrogens with one attached hydrogen (secondary N) is 1. The largest absolute Gasteiger partial charge is 0.379 e. The van der Waals surface area contributed by atoms with Crippen LogP contribution in [0.4, 0.5) is 10.1 Å². The Bertz CT molecular complexity index is 301. The highest BCUT2D eigenvalue weighted by Crippen LogP contribution is 2.29. The zero-order chi connectivity index (χ0) is 9.97. The van der Waals surface area contributed by atoms with Gasteiger partial charge in [-0.15, -0.1) is 0 Å². The van der Waals surface area contributed by atoms with Gasteiger partial charge in [0.2, 0.25) is 0 Å². The normalized spacial score (nSPS) is 17.3. The molecule has 76 valence electrons. The van der Waals surface area contributed by atoms with Crippen LogP contribution >= 0.6 is 15.9 Å². The van der Waals surface area contributed by atoms with Gasteiger partial charge in [-0.1, -0.05) is 18.9 Å². The van der Waals surface area contributed by atoms with Crippen LogP contribution < -0.4 is 5.32 Å². The van der Waals surface area contributed by atoms with Crippen molar-refractivity contribution < 1.29 is 4.39 Å². The van der Waals surface area contributed by atoms with E-state index in [-0.39, 0.29) is 5.82 Å². The van der Waals surface area contributed by atoms with Gasteiger partial charge in [0.1, 0.15) is 5.82 Å². The summed E-state index contributed by atoms with van der Waals surface area (Å²) < 4.78 is 14.2. The summed E-state index contributed by atoms with van der Waals surface area (Å²) in [6, 6.07) is 5.50. The van der Waals surface area contributed by atoms with Gasteiger partial charge >= 0.3 is 0 Å². The SMILES string of the molecule is Fc1cccc(Br)c1NC1CCCC1. The topological polar surface area (TPSA) is 12.0 Å². The smallest absolute Gasteiger partial charge is 0.147 e. The first-order valence-electron chi connectivity index (χ1n) is 4.98. The summed E-state index contributed by atoms with van der Waals surface area (Å²) in [5.74, 6) is -0.175. The van der Waals surface area contributed by atoms with Crippen LogP contribution in [0.2, 0.25) is 0 Å². The molecule has 0 aromatic heterocycles. The molecule has 0 amide bonds. The second-order valence-electron chi connectivity index (χ2n) is 3.72. The van der Waals surface area contributed by atoms with Gasteiger partial charge in [-0.25, -0.2) is 4.39 Å². The molecule has 1 N–H and O–H groups in total. The molecule has 0 unspecified atom stereocenters. The summed E-state index contributed by atoms with van der Waals surface area (Å²) in [4.78, 5) is 0. The van der Waals surface area contributed by atoms with Crippen molar-refractivity contribution in [3.8, 4) is 0 Å². The quantitative estimate of drug-likeness (QED) is 0.847. The number of hydrogen-bond acceptors (Lipinski definition) is 1. The number of anilines is 1. The summed E-state index contributed by atoms with van der Waals surface area (Å²) in [7, 11) is 0. The van der Waals surface area contributed by atoms with Crippen molar-refractivity contribution in [3.63, 3.8) is 0 Å². The van der Waals surface area contributed by atoms with E-state index >= 15 is 0 Å². The standard InChI is InChI=1S/C11H13BrFN/c12-9-6-3-7-10(13)11(9)14-8-4-1-2-5-8/h3,6-8,14H,1-2,4-5H2. The first-order chi connectivity index (χ1) is 6.77. The van der Waals surface area contributed by atoms with Crippen molar-refractivity contribution in [3.05, 3.63) is 28.5 Å². The lowest BCUT2D eigenvalue weighted by Crippen LogP contribution is -2.15. The fourth-order valence-electron chi connectivity index (χ4n) is 1.91. The summed E-state index contributed by atoms with van der Waals surface area (Å²) >= 11 is 3.35. The Hall–Kier alpha value is -0.570. The third-order valence-electron chi connectivity index (χ3n) is 2.67. The average molecular weight is 258 g/mol. The van der Waals surface area contributed by atoms with Gasteiger partial charge in [0, 0.05) is 10.5 Å². The minimum absolute atomic E-state index is 0.175. The maximum atomic E-state index is 13.4. The number of rotatable bonds is 2. The molecule has 0 aliphatic heterocycles. The van der Waals surface area contributed by atoms with E-state index < -0.39 is 0 Å². The van der Waals surface area contributed by atoms with Crippen molar-refractivity contribution in [2.45, 2.75) is 31.7 Å². The molecule has 2 rings (SSSR count). The van der Waals surface area contributed by atoms with E-state index in [0.717, 1.165) is 17.3 Å². The lowest BCUT2D eigenvalue weighted by Gasteiger charge is -2.15. The maximum absolute atomic E-state index is 13.4. The molecule has 14 heavy (non-hydrogen) atoms. The summed E-state index contributed by atoms with van der Waals surface area (Å²) in [5.41, 5.74) is 0.611. The fourth-order valence-corrected chi connectivity index (χ4v) is 2.37. The van der Waals surface area contributed by atoms with Gasteiger partial charge in [-0.2, -0.15) is 0 Å². The predicted octanol–water partition coefficient (Wildman–Crippen LogP) is 3.94. The van der Waals surface area contributed by atoms with Crippen LogP contribution in [0.3, 0.4) is 0 Å². The molecule has 0 saturated heterocycles. The van der Waals surface area contributed by atoms with Crippen molar-refractivity contribution >= 4 is 21.6 Å². The van der Waals surface area contributed by atoms with Crippen LogP contribution in [-0.2, 0) is 0 Å². The van der Waals surface area contributed by atoms with Crippen LogP contribution in [0, 0.1) is 5.82 Å². The molecular formula is C11H13BrFN. The van der Waals surface area contributed by atoms with E-state index in [2.05, 4.69) is 21.2 Å². The van der Waals surface area contributed by atoms with E-state index in [1.807, 2.05) is 6.07 Å². The summed E-state index contributed by atoms with van der Waals surface area (Å²) in [5, 5.41) is 3.26. The highest BCUT2D eigenvalue weighted by Gasteiger charge is 2.17. The van der Waals surface area contributed by atoms with Gasteiger partial charge in [-0.3, -0.25) is 0 Å². The number of benzene rings is 1. The Kier molecular flexibility index (Phi) is 3.06. The minimum atomic E-state index is -0.175. The Morgan fingerprint density at radius 1 is 1.29 bits per heavy atom. The number of halogens is 2. The Labute approximate surface area is 91.8 Å². The van der Waals surface area contributed by atoms with Crippen molar-refractivity contribution in [1.82, 2.24) is 0 Å². The van der Waals surface area contributed by atoms with E-state index in [1.165, 1.54) is 18.9 Å².